The monoisotopic (exact) mass is 431 g/mol. The van der Waals surface area contributed by atoms with Crippen LogP contribution in [-0.4, -0.2) is 22.3 Å². The van der Waals surface area contributed by atoms with Gasteiger partial charge in [0.1, 0.15) is 11.8 Å². The maximum Gasteiger partial charge on any atom is 0.436 e. The van der Waals surface area contributed by atoms with Gasteiger partial charge in [0.2, 0.25) is 5.91 Å². The number of alkyl halides is 5. The molecule has 0 aliphatic rings. The lowest BCUT2D eigenvalue weighted by Gasteiger charge is -2.15. The molecule has 1 unspecified atom stereocenters. The summed E-state index contributed by atoms with van der Waals surface area (Å²) < 4.78 is 68.1. The first-order valence-electron chi connectivity index (χ1n) is 7.28. The van der Waals surface area contributed by atoms with Crippen molar-refractivity contribution in [3.8, 4) is 5.75 Å². The summed E-state index contributed by atoms with van der Waals surface area (Å²) >= 11 is 11.4. The quantitative estimate of drug-likeness (QED) is 0.651. The van der Waals surface area contributed by atoms with Crippen molar-refractivity contribution in [1.29, 1.82) is 0 Å². The van der Waals surface area contributed by atoms with Crippen molar-refractivity contribution in [2.24, 2.45) is 0 Å². The fourth-order valence-electron chi connectivity index (χ4n) is 2.18. The second-order valence-electron chi connectivity index (χ2n) is 5.38. The second kappa shape index (κ2) is 7.89. The molecular formula is C15H12Cl2F5N3O2. The molecule has 0 spiro atoms. The Labute approximate surface area is 160 Å². The van der Waals surface area contributed by atoms with E-state index in [1.807, 2.05) is 0 Å². The number of benzene rings is 1. The van der Waals surface area contributed by atoms with Crippen LogP contribution in [0.15, 0.2) is 18.2 Å². The van der Waals surface area contributed by atoms with Crippen LogP contribution in [-0.2, 0) is 11.0 Å². The summed E-state index contributed by atoms with van der Waals surface area (Å²) in [5, 5.41) is 5.00. The van der Waals surface area contributed by atoms with E-state index < -0.39 is 35.5 Å². The van der Waals surface area contributed by atoms with Gasteiger partial charge in [0, 0.05) is 5.69 Å². The molecule has 12 heteroatoms. The smallest absolute Gasteiger partial charge is 0.433 e. The minimum atomic E-state index is -4.77. The molecule has 1 aromatic heterocycles. The molecule has 1 amide bonds. The first kappa shape index (κ1) is 21.2. The normalized spacial score (nSPS) is 13.0. The molecule has 27 heavy (non-hydrogen) atoms. The zero-order chi connectivity index (χ0) is 20.5. The summed E-state index contributed by atoms with van der Waals surface area (Å²) in [5.74, 6) is -1.01. The van der Waals surface area contributed by atoms with Crippen LogP contribution in [0.5, 0.6) is 5.75 Å². The van der Waals surface area contributed by atoms with E-state index in [2.05, 4.69) is 15.2 Å². The molecule has 0 aliphatic carbocycles. The summed E-state index contributed by atoms with van der Waals surface area (Å²) in [6.07, 6.45) is -4.77. The van der Waals surface area contributed by atoms with Crippen LogP contribution >= 0.6 is 23.2 Å². The largest absolute Gasteiger partial charge is 0.436 e. The third-order valence-corrected chi connectivity index (χ3v) is 4.26. The fraction of sp³-hybridized carbons (Fsp3) is 0.333. The molecule has 2 aromatic rings. The van der Waals surface area contributed by atoms with Crippen LogP contribution in [0.1, 0.15) is 24.4 Å². The predicted molar refractivity (Wildman–Crippen MR) is 88.4 cm³/mol. The number of ether oxygens (including phenoxy) is 1. The summed E-state index contributed by atoms with van der Waals surface area (Å²) in [7, 11) is 0. The topological polar surface area (TPSA) is 56.2 Å². The van der Waals surface area contributed by atoms with Crippen LogP contribution in [0.3, 0.4) is 0 Å². The molecule has 1 heterocycles. The number of anilines is 1. The lowest BCUT2D eigenvalue weighted by molar-refractivity contribution is -0.141. The molecule has 1 N–H and O–H groups in total. The van der Waals surface area contributed by atoms with Crippen molar-refractivity contribution < 1.29 is 31.5 Å². The molecule has 0 aliphatic heterocycles. The molecule has 0 fully saturated rings. The van der Waals surface area contributed by atoms with Crippen LogP contribution in [0, 0.1) is 6.92 Å². The van der Waals surface area contributed by atoms with E-state index in [1.54, 1.807) is 0 Å². The molecular weight excluding hydrogens is 420 g/mol. The number of hydrogen-bond donors (Lipinski definition) is 1. The zero-order valence-electron chi connectivity index (χ0n) is 13.7. The Bertz CT molecular complexity index is 855. The Morgan fingerprint density at radius 2 is 1.93 bits per heavy atom. The Morgan fingerprint density at radius 3 is 2.41 bits per heavy atom. The first-order valence-corrected chi connectivity index (χ1v) is 8.04. The summed E-state index contributed by atoms with van der Waals surface area (Å²) in [5.41, 5.74) is -1.20. The van der Waals surface area contributed by atoms with Gasteiger partial charge >= 0.3 is 12.8 Å². The van der Waals surface area contributed by atoms with E-state index in [0.29, 0.717) is 0 Å². The number of carbonyl (C=O) groups excluding carboxylic acids is 1. The van der Waals surface area contributed by atoms with Gasteiger partial charge in [-0.3, -0.25) is 9.48 Å². The Kier molecular flexibility index (Phi) is 6.21. The number of aromatic nitrogens is 2. The molecule has 5 nitrogen and oxygen atoms in total. The van der Waals surface area contributed by atoms with Gasteiger partial charge < -0.3 is 10.1 Å². The summed E-state index contributed by atoms with van der Waals surface area (Å²) in [4.78, 5) is 12.3. The summed E-state index contributed by atoms with van der Waals surface area (Å²) in [6.45, 7) is -0.457. The van der Waals surface area contributed by atoms with Crippen LogP contribution in [0.2, 0.25) is 10.0 Å². The highest BCUT2D eigenvalue weighted by molar-refractivity contribution is 6.32. The van der Waals surface area contributed by atoms with Gasteiger partial charge in [-0.1, -0.05) is 23.2 Å². The van der Waals surface area contributed by atoms with E-state index in [9.17, 15) is 26.7 Å². The van der Waals surface area contributed by atoms with Gasteiger partial charge in [-0.2, -0.15) is 27.1 Å². The van der Waals surface area contributed by atoms with E-state index in [-0.39, 0.29) is 22.2 Å². The lowest BCUT2D eigenvalue weighted by atomic mass is 10.2. The number of hydrogen-bond acceptors (Lipinski definition) is 3. The number of carbonyl (C=O) groups is 1. The third-order valence-electron chi connectivity index (χ3n) is 3.51. The van der Waals surface area contributed by atoms with Gasteiger partial charge in [-0.15, -0.1) is 0 Å². The highest BCUT2D eigenvalue weighted by Crippen LogP contribution is 2.36. The number of rotatable bonds is 5. The molecule has 148 valence electrons. The van der Waals surface area contributed by atoms with Crippen LogP contribution < -0.4 is 10.1 Å². The molecule has 1 atom stereocenters. The highest BCUT2D eigenvalue weighted by Gasteiger charge is 2.39. The fourth-order valence-corrected chi connectivity index (χ4v) is 2.64. The van der Waals surface area contributed by atoms with E-state index in [0.717, 1.165) is 16.8 Å². The minimum absolute atomic E-state index is 0.0367. The SMILES string of the molecule is Cc1c(Cl)c(C(F)(F)F)nn1C(C)C(=O)Nc1ccc(OC(F)F)c(Cl)c1. The van der Waals surface area contributed by atoms with Gasteiger partial charge in [0.25, 0.3) is 0 Å². The Hall–Kier alpha value is -2.07. The van der Waals surface area contributed by atoms with Crippen molar-refractivity contribution in [2.45, 2.75) is 32.7 Å². The molecule has 0 saturated heterocycles. The number of nitrogens with one attached hydrogen (secondary N) is 1. The predicted octanol–water partition coefficient (Wildman–Crippen LogP) is 5.32. The van der Waals surface area contributed by atoms with Crippen molar-refractivity contribution in [1.82, 2.24) is 9.78 Å². The van der Waals surface area contributed by atoms with Crippen molar-refractivity contribution in [3.63, 3.8) is 0 Å². The standard InChI is InChI=1S/C15H12Cl2F5N3O2/c1-6-11(17)12(15(20,21)22)24-25(6)7(2)13(26)23-8-3-4-10(9(16)5-8)27-14(18)19/h3-5,7,14H,1-2H3,(H,23,26). The number of amides is 1. The van der Waals surface area contributed by atoms with E-state index in [1.165, 1.54) is 19.9 Å². The van der Waals surface area contributed by atoms with Gasteiger partial charge in [0.15, 0.2) is 5.69 Å². The first-order chi connectivity index (χ1) is 12.4. The average molecular weight is 432 g/mol. The molecule has 0 bridgehead atoms. The number of halogens is 7. The van der Waals surface area contributed by atoms with Crippen LogP contribution in [0.25, 0.3) is 0 Å². The zero-order valence-corrected chi connectivity index (χ0v) is 15.3. The minimum Gasteiger partial charge on any atom is -0.433 e. The second-order valence-corrected chi connectivity index (χ2v) is 6.16. The van der Waals surface area contributed by atoms with Crippen LogP contribution in [0.4, 0.5) is 27.6 Å². The molecule has 0 radical (unpaired) electrons. The maximum atomic E-state index is 12.9. The maximum absolute atomic E-state index is 12.9. The van der Waals surface area contributed by atoms with Gasteiger partial charge in [-0.05, 0) is 32.0 Å². The van der Waals surface area contributed by atoms with Gasteiger partial charge in [-0.25, -0.2) is 0 Å². The van der Waals surface area contributed by atoms with Crippen molar-refractivity contribution in [2.75, 3.05) is 5.32 Å². The Morgan fingerprint density at radius 1 is 1.30 bits per heavy atom. The average Bonchev–Trinajstić information content (AvgIpc) is 2.85. The molecule has 0 saturated carbocycles. The Balaban J connectivity index is 2.20. The third kappa shape index (κ3) is 4.81. The summed E-state index contributed by atoms with van der Waals surface area (Å²) in [6, 6.07) is 2.38. The highest BCUT2D eigenvalue weighted by atomic mass is 35.5. The number of nitrogens with zero attached hydrogens (tertiary/aromatic N) is 2. The van der Waals surface area contributed by atoms with E-state index >= 15 is 0 Å². The van der Waals surface area contributed by atoms with Gasteiger partial charge in [0.05, 0.1) is 15.7 Å². The van der Waals surface area contributed by atoms with Crippen molar-refractivity contribution >= 4 is 34.8 Å². The molecule has 2 rings (SSSR count). The molecule has 1 aromatic carbocycles. The van der Waals surface area contributed by atoms with E-state index in [4.69, 9.17) is 23.2 Å². The van der Waals surface area contributed by atoms with Crippen molar-refractivity contribution in [3.05, 3.63) is 39.6 Å². The lowest BCUT2D eigenvalue weighted by Crippen LogP contribution is -2.25.